The van der Waals surface area contributed by atoms with Gasteiger partial charge in [0.2, 0.25) is 0 Å². The van der Waals surface area contributed by atoms with Crippen LogP contribution in [-0.2, 0) is 4.74 Å². The Bertz CT molecular complexity index is 350. The van der Waals surface area contributed by atoms with Crippen molar-refractivity contribution < 1.29 is 9.53 Å². The SMILES string of the molecule is COC(=O)c1cc(N)c(C)cc1Br. The van der Waals surface area contributed by atoms with Crippen molar-refractivity contribution in [1.29, 1.82) is 0 Å². The first-order valence-electron chi connectivity index (χ1n) is 3.70. The number of hydrogen-bond acceptors (Lipinski definition) is 3. The third kappa shape index (κ3) is 2.01. The van der Waals surface area contributed by atoms with E-state index < -0.39 is 5.97 Å². The molecule has 0 aliphatic rings. The predicted octanol–water partition coefficient (Wildman–Crippen LogP) is 2.13. The summed E-state index contributed by atoms with van der Waals surface area (Å²) in [5.41, 5.74) is 7.62. The van der Waals surface area contributed by atoms with E-state index >= 15 is 0 Å². The molecule has 4 heteroatoms. The van der Waals surface area contributed by atoms with Crippen molar-refractivity contribution in [3.05, 3.63) is 27.7 Å². The van der Waals surface area contributed by atoms with Gasteiger partial charge in [-0.1, -0.05) is 0 Å². The van der Waals surface area contributed by atoms with E-state index in [1.54, 1.807) is 12.1 Å². The molecule has 0 aliphatic heterocycles. The smallest absolute Gasteiger partial charge is 0.339 e. The summed E-state index contributed by atoms with van der Waals surface area (Å²) in [6.45, 7) is 1.88. The predicted molar refractivity (Wildman–Crippen MR) is 54.6 cm³/mol. The van der Waals surface area contributed by atoms with Gasteiger partial charge in [-0.05, 0) is 40.5 Å². The second-order valence-electron chi connectivity index (χ2n) is 2.68. The molecule has 2 N–H and O–H groups in total. The Hall–Kier alpha value is -1.03. The van der Waals surface area contributed by atoms with Crippen LogP contribution in [0.4, 0.5) is 5.69 Å². The summed E-state index contributed by atoms with van der Waals surface area (Å²) in [5.74, 6) is -0.390. The number of benzene rings is 1. The molecule has 0 amide bonds. The van der Waals surface area contributed by atoms with Gasteiger partial charge in [-0.3, -0.25) is 0 Å². The first-order chi connectivity index (χ1) is 6.06. The van der Waals surface area contributed by atoms with E-state index in [0.29, 0.717) is 15.7 Å². The number of rotatable bonds is 1. The molecular weight excluding hydrogens is 234 g/mol. The number of halogens is 1. The molecule has 0 heterocycles. The van der Waals surface area contributed by atoms with Crippen LogP contribution in [0.15, 0.2) is 16.6 Å². The van der Waals surface area contributed by atoms with E-state index in [4.69, 9.17) is 5.73 Å². The van der Waals surface area contributed by atoms with Crippen molar-refractivity contribution in [2.75, 3.05) is 12.8 Å². The monoisotopic (exact) mass is 243 g/mol. The van der Waals surface area contributed by atoms with Crippen LogP contribution in [0, 0.1) is 6.92 Å². The standard InChI is InChI=1S/C9H10BrNO2/c1-5-3-7(10)6(4-8(5)11)9(12)13-2/h3-4H,11H2,1-2H3. The van der Waals surface area contributed by atoms with Crippen molar-refractivity contribution in [2.24, 2.45) is 0 Å². The van der Waals surface area contributed by atoms with Crippen molar-refractivity contribution in [2.45, 2.75) is 6.92 Å². The summed E-state index contributed by atoms with van der Waals surface area (Å²) in [7, 11) is 1.34. The maximum absolute atomic E-state index is 11.2. The Morgan fingerprint density at radius 3 is 2.69 bits per heavy atom. The molecule has 0 spiro atoms. The van der Waals surface area contributed by atoms with Gasteiger partial charge in [0.15, 0.2) is 0 Å². The van der Waals surface area contributed by atoms with E-state index in [2.05, 4.69) is 20.7 Å². The lowest BCUT2D eigenvalue weighted by molar-refractivity contribution is 0.0600. The van der Waals surface area contributed by atoms with Crippen LogP contribution in [0.2, 0.25) is 0 Å². The highest BCUT2D eigenvalue weighted by Crippen LogP contribution is 2.23. The summed E-state index contributed by atoms with van der Waals surface area (Å²) < 4.78 is 5.29. The highest BCUT2D eigenvalue weighted by Gasteiger charge is 2.11. The number of carbonyl (C=O) groups is 1. The zero-order chi connectivity index (χ0) is 10.0. The highest BCUT2D eigenvalue weighted by molar-refractivity contribution is 9.10. The molecule has 13 heavy (non-hydrogen) atoms. The molecule has 1 rings (SSSR count). The molecule has 0 unspecified atom stereocenters. The number of nitrogens with two attached hydrogens (primary N) is 1. The third-order valence-corrected chi connectivity index (χ3v) is 2.42. The first kappa shape index (κ1) is 10.1. The molecule has 0 atom stereocenters. The number of esters is 1. The Labute approximate surface area is 85.0 Å². The van der Waals surface area contributed by atoms with E-state index in [1.807, 2.05) is 6.92 Å². The van der Waals surface area contributed by atoms with Gasteiger partial charge in [0.05, 0.1) is 12.7 Å². The molecule has 0 saturated heterocycles. The number of carbonyl (C=O) groups excluding carboxylic acids is 1. The maximum atomic E-state index is 11.2. The number of methoxy groups -OCH3 is 1. The van der Waals surface area contributed by atoms with Gasteiger partial charge in [0, 0.05) is 10.2 Å². The Balaban J connectivity index is 3.23. The van der Waals surface area contributed by atoms with Crippen molar-refractivity contribution in [3.63, 3.8) is 0 Å². The lowest BCUT2D eigenvalue weighted by Gasteiger charge is -2.05. The van der Waals surface area contributed by atoms with E-state index in [0.717, 1.165) is 5.56 Å². The van der Waals surface area contributed by atoms with E-state index in [-0.39, 0.29) is 0 Å². The summed E-state index contributed by atoms with van der Waals surface area (Å²) in [4.78, 5) is 11.2. The largest absolute Gasteiger partial charge is 0.465 e. The lowest BCUT2D eigenvalue weighted by atomic mass is 10.1. The average molecular weight is 244 g/mol. The summed E-state index contributed by atoms with van der Waals surface area (Å²) >= 11 is 3.27. The van der Waals surface area contributed by atoms with Crippen LogP contribution in [-0.4, -0.2) is 13.1 Å². The molecule has 0 aliphatic carbocycles. The average Bonchev–Trinajstić information content (AvgIpc) is 2.10. The number of ether oxygens (including phenoxy) is 1. The summed E-state index contributed by atoms with van der Waals surface area (Å²) in [5, 5.41) is 0. The molecule has 1 aromatic carbocycles. The van der Waals surface area contributed by atoms with Crippen molar-refractivity contribution in [1.82, 2.24) is 0 Å². The summed E-state index contributed by atoms with van der Waals surface area (Å²) in [6, 6.07) is 3.40. The third-order valence-electron chi connectivity index (χ3n) is 1.76. The number of aryl methyl sites for hydroxylation is 1. The van der Waals surface area contributed by atoms with Gasteiger partial charge in [-0.25, -0.2) is 4.79 Å². The zero-order valence-corrected chi connectivity index (χ0v) is 9.01. The molecule has 3 nitrogen and oxygen atoms in total. The zero-order valence-electron chi connectivity index (χ0n) is 7.43. The number of anilines is 1. The highest BCUT2D eigenvalue weighted by atomic mass is 79.9. The Morgan fingerprint density at radius 2 is 2.15 bits per heavy atom. The van der Waals surface area contributed by atoms with Gasteiger partial charge < -0.3 is 10.5 Å². The van der Waals surface area contributed by atoms with Crippen LogP contribution >= 0.6 is 15.9 Å². The fourth-order valence-corrected chi connectivity index (χ4v) is 1.58. The lowest BCUT2D eigenvalue weighted by Crippen LogP contribution is -2.04. The molecule has 0 saturated carbocycles. The van der Waals surface area contributed by atoms with E-state index in [1.165, 1.54) is 7.11 Å². The topological polar surface area (TPSA) is 52.3 Å². The minimum absolute atomic E-state index is 0.390. The fourth-order valence-electron chi connectivity index (χ4n) is 0.956. The maximum Gasteiger partial charge on any atom is 0.339 e. The van der Waals surface area contributed by atoms with Crippen LogP contribution in [0.3, 0.4) is 0 Å². The Kier molecular flexibility index (Phi) is 2.93. The van der Waals surface area contributed by atoms with Crippen LogP contribution in [0.5, 0.6) is 0 Å². The minimum Gasteiger partial charge on any atom is -0.465 e. The molecule has 1 aromatic rings. The van der Waals surface area contributed by atoms with Gasteiger partial charge >= 0.3 is 5.97 Å². The fraction of sp³-hybridized carbons (Fsp3) is 0.222. The van der Waals surface area contributed by atoms with Crippen LogP contribution in [0.1, 0.15) is 15.9 Å². The molecular formula is C9H10BrNO2. The Morgan fingerprint density at radius 1 is 1.54 bits per heavy atom. The van der Waals surface area contributed by atoms with E-state index in [9.17, 15) is 4.79 Å². The molecule has 70 valence electrons. The van der Waals surface area contributed by atoms with Gasteiger partial charge in [-0.15, -0.1) is 0 Å². The second-order valence-corrected chi connectivity index (χ2v) is 3.53. The van der Waals surface area contributed by atoms with Crippen LogP contribution in [0.25, 0.3) is 0 Å². The molecule has 0 aromatic heterocycles. The van der Waals surface area contributed by atoms with Crippen LogP contribution < -0.4 is 5.73 Å². The molecule has 0 fully saturated rings. The van der Waals surface area contributed by atoms with Crippen molar-refractivity contribution >= 4 is 27.6 Å². The second kappa shape index (κ2) is 3.79. The number of hydrogen-bond donors (Lipinski definition) is 1. The quantitative estimate of drug-likeness (QED) is 0.608. The van der Waals surface area contributed by atoms with Crippen molar-refractivity contribution in [3.8, 4) is 0 Å². The number of nitrogen functional groups attached to an aromatic ring is 1. The first-order valence-corrected chi connectivity index (χ1v) is 4.49. The molecule has 0 bridgehead atoms. The van der Waals surface area contributed by atoms with Gasteiger partial charge in [0.1, 0.15) is 0 Å². The minimum atomic E-state index is -0.390. The van der Waals surface area contributed by atoms with Gasteiger partial charge in [-0.2, -0.15) is 0 Å². The molecule has 0 radical (unpaired) electrons. The van der Waals surface area contributed by atoms with Gasteiger partial charge in [0.25, 0.3) is 0 Å². The summed E-state index contributed by atoms with van der Waals surface area (Å²) in [6.07, 6.45) is 0. The normalized spacial score (nSPS) is 9.77.